The molecule has 1 aliphatic heterocycles. The van der Waals surface area contributed by atoms with Gasteiger partial charge in [0.2, 0.25) is 11.8 Å². The van der Waals surface area contributed by atoms with Crippen molar-refractivity contribution in [1.29, 1.82) is 0 Å². The zero-order valence-corrected chi connectivity index (χ0v) is 10.0. The van der Waals surface area contributed by atoms with Crippen molar-refractivity contribution in [2.45, 2.75) is 32.7 Å². The quantitative estimate of drug-likeness (QED) is 0.695. The van der Waals surface area contributed by atoms with Gasteiger partial charge in [-0.05, 0) is 12.3 Å². The van der Waals surface area contributed by atoms with E-state index < -0.39 is 6.04 Å². The summed E-state index contributed by atoms with van der Waals surface area (Å²) in [5.41, 5.74) is 5.88. The second-order valence-electron chi connectivity index (χ2n) is 4.37. The van der Waals surface area contributed by atoms with Gasteiger partial charge >= 0.3 is 0 Å². The molecule has 1 saturated heterocycles. The van der Waals surface area contributed by atoms with Crippen molar-refractivity contribution in [3.05, 3.63) is 0 Å². The maximum Gasteiger partial charge on any atom is 0.240 e. The van der Waals surface area contributed by atoms with Crippen LogP contribution in [0.1, 0.15) is 26.7 Å². The minimum absolute atomic E-state index is 0.0952. The van der Waals surface area contributed by atoms with Gasteiger partial charge in [0.25, 0.3) is 0 Å². The Labute approximate surface area is 96.4 Å². The Morgan fingerprint density at radius 3 is 2.94 bits per heavy atom. The third-order valence-corrected chi connectivity index (χ3v) is 3.12. The first-order chi connectivity index (χ1) is 7.56. The minimum Gasteiger partial charge on any atom is -0.354 e. The van der Waals surface area contributed by atoms with Crippen molar-refractivity contribution < 1.29 is 9.59 Å². The number of amides is 2. The van der Waals surface area contributed by atoms with Crippen LogP contribution in [0.15, 0.2) is 0 Å². The predicted octanol–water partition coefficient (Wildman–Crippen LogP) is -0.292. The predicted molar refractivity (Wildman–Crippen MR) is 61.6 cm³/mol. The molecular weight excluding hydrogens is 206 g/mol. The smallest absolute Gasteiger partial charge is 0.240 e. The van der Waals surface area contributed by atoms with E-state index in [0.29, 0.717) is 13.1 Å². The average molecular weight is 227 g/mol. The maximum atomic E-state index is 12.0. The molecule has 5 nitrogen and oxygen atoms in total. The molecule has 0 bridgehead atoms. The first-order valence-corrected chi connectivity index (χ1v) is 5.87. The van der Waals surface area contributed by atoms with Gasteiger partial charge in [0.15, 0.2) is 0 Å². The maximum absolute atomic E-state index is 12.0. The molecular formula is C11H21N3O2. The molecule has 16 heavy (non-hydrogen) atoms. The lowest BCUT2D eigenvalue weighted by Gasteiger charge is -2.25. The van der Waals surface area contributed by atoms with Crippen molar-refractivity contribution in [1.82, 2.24) is 10.2 Å². The second kappa shape index (κ2) is 5.84. The van der Waals surface area contributed by atoms with Gasteiger partial charge in [-0.3, -0.25) is 9.59 Å². The molecule has 0 saturated carbocycles. The highest BCUT2D eigenvalue weighted by Crippen LogP contribution is 2.09. The lowest BCUT2D eigenvalue weighted by atomic mass is 9.99. The van der Waals surface area contributed by atoms with Gasteiger partial charge in [0.1, 0.15) is 0 Å². The molecule has 2 unspecified atom stereocenters. The first-order valence-electron chi connectivity index (χ1n) is 5.87. The molecule has 1 fully saturated rings. The van der Waals surface area contributed by atoms with Crippen LogP contribution in [0.4, 0.5) is 0 Å². The van der Waals surface area contributed by atoms with E-state index in [1.807, 2.05) is 13.8 Å². The van der Waals surface area contributed by atoms with Crippen LogP contribution in [0.25, 0.3) is 0 Å². The number of hydrogen-bond donors (Lipinski definition) is 2. The molecule has 1 heterocycles. The largest absolute Gasteiger partial charge is 0.354 e. The molecule has 5 heteroatoms. The molecule has 2 amide bonds. The zero-order valence-electron chi connectivity index (χ0n) is 10.0. The van der Waals surface area contributed by atoms with Gasteiger partial charge in [0.05, 0.1) is 12.6 Å². The summed E-state index contributed by atoms with van der Waals surface area (Å²) in [6, 6.07) is -0.490. The molecule has 0 aliphatic carbocycles. The number of nitrogens with one attached hydrogen (secondary N) is 1. The fourth-order valence-electron chi connectivity index (χ4n) is 1.70. The molecule has 0 radical (unpaired) electrons. The molecule has 2 atom stereocenters. The van der Waals surface area contributed by atoms with E-state index in [0.717, 1.165) is 12.8 Å². The lowest BCUT2D eigenvalue weighted by molar-refractivity contribution is -0.137. The van der Waals surface area contributed by atoms with Gasteiger partial charge in [-0.2, -0.15) is 0 Å². The summed E-state index contributed by atoms with van der Waals surface area (Å²) < 4.78 is 0. The summed E-state index contributed by atoms with van der Waals surface area (Å²) in [5.74, 6) is -0.0487. The number of carbonyl (C=O) groups excluding carboxylic acids is 2. The Kier molecular flexibility index (Phi) is 4.73. The Balaban J connectivity index is 2.60. The highest BCUT2D eigenvalue weighted by Gasteiger charge is 2.27. The fraction of sp³-hybridized carbons (Fsp3) is 0.818. The fourth-order valence-corrected chi connectivity index (χ4v) is 1.70. The molecule has 92 valence electrons. The minimum atomic E-state index is -0.490. The van der Waals surface area contributed by atoms with E-state index in [2.05, 4.69) is 5.32 Å². The van der Waals surface area contributed by atoms with Crippen LogP contribution in [0.3, 0.4) is 0 Å². The molecule has 3 N–H and O–H groups in total. The Morgan fingerprint density at radius 2 is 2.31 bits per heavy atom. The molecule has 0 aromatic carbocycles. The van der Waals surface area contributed by atoms with Gasteiger partial charge in [0, 0.05) is 13.1 Å². The van der Waals surface area contributed by atoms with Crippen molar-refractivity contribution >= 4 is 11.8 Å². The van der Waals surface area contributed by atoms with E-state index in [9.17, 15) is 9.59 Å². The molecule has 0 aromatic heterocycles. The van der Waals surface area contributed by atoms with Crippen molar-refractivity contribution in [2.24, 2.45) is 11.7 Å². The summed E-state index contributed by atoms with van der Waals surface area (Å²) in [4.78, 5) is 24.9. The van der Waals surface area contributed by atoms with Crippen LogP contribution in [0.5, 0.6) is 0 Å². The lowest BCUT2D eigenvalue weighted by Crippen LogP contribution is -2.49. The van der Waals surface area contributed by atoms with Crippen LogP contribution >= 0.6 is 0 Å². The van der Waals surface area contributed by atoms with E-state index in [1.54, 1.807) is 4.90 Å². The van der Waals surface area contributed by atoms with Gasteiger partial charge in [-0.25, -0.2) is 0 Å². The van der Waals surface area contributed by atoms with Gasteiger partial charge in [-0.1, -0.05) is 20.3 Å². The number of nitrogens with two attached hydrogens (primary N) is 1. The van der Waals surface area contributed by atoms with Crippen LogP contribution in [0, 0.1) is 5.92 Å². The number of nitrogens with zero attached hydrogens (tertiary/aromatic N) is 1. The zero-order chi connectivity index (χ0) is 12.1. The summed E-state index contributed by atoms with van der Waals surface area (Å²) in [6.07, 6.45) is 1.66. The average Bonchev–Trinajstić information content (AvgIpc) is 2.50. The molecule has 0 spiro atoms. The van der Waals surface area contributed by atoms with E-state index in [-0.39, 0.29) is 24.3 Å². The molecule has 1 rings (SSSR count). The van der Waals surface area contributed by atoms with E-state index in [4.69, 9.17) is 5.73 Å². The normalized spacial score (nSPS) is 20.9. The van der Waals surface area contributed by atoms with Crippen LogP contribution in [0.2, 0.25) is 0 Å². The summed E-state index contributed by atoms with van der Waals surface area (Å²) in [7, 11) is 0. The number of hydrogen-bond acceptors (Lipinski definition) is 3. The van der Waals surface area contributed by atoms with Crippen LogP contribution < -0.4 is 11.1 Å². The SMILES string of the molecule is CCC(C)C(N)C(=O)N1CCCNC(=O)C1. The van der Waals surface area contributed by atoms with Gasteiger partial charge in [-0.15, -0.1) is 0 Å². The van der Waals surface area contributed by atoms with Crippen LogP contribution in [-0.2, 0) is 9.59 Å². The van der Waals surface area contributed by atoms with Gasteiger partial charge < -0.3 is 16.0 Å². The summed E-state index contributed by atoms with van der Waals surface area (Å²) in [5, 5.41) is 2.74. The molecule has 1 aliphatic rings. The Hall–Kier alpha value is -1.10. The standard InChI is InChI=1S/C11H21N3O2/c1-3-8(2)10(12)11(16)14-6-4-5-13-9(15)7-14/h8,10H,3-7,12H2,1-2H3,(H,13,15). The Bertz CT molecular complexity index is 268. The van der Waals surface area contributed by atoms with Crippen LogP contribution in [-0.4, -0.2) is 42.4 Å². The van der Waals surface area contributed by atoms with E-state index >= 15 is 0 Å². The monoisotopic (exact) mass is 227 g/mol. The third-order valence-electron chi connectivity index (χ3n) is 3.12. The third kappa shape index (κ3) is 3.20. The Morgan fingerprint density at radius 1 is 1.62 bits per heavy atom. The molecule has 0 aromatic rings. The van der Waals surface area contributed by atoms with Crippen molar-refractivity contribution in [3.8, 4) is 0 Å². The summed E-state index contributed by atoms with van der Waals surface area (Å²) in [6.45, 7) is 5.36. The number of carbonyl (C=O) groups is 2. The highest BCUT2D eigenvalue weighted by molar-refractivity contribution is 5.87. The summed E-state index contributed by atoms with van der Waals surface area (Å²) >= 11 is 0. The topological polar surface area (TPSA) is 75.4 Å². The second-order valence-corrected chi connectivity index (χ2v) is 4.37. The first kappa shape index (κ1) is 13.0. The van der Waals surface area contributed by atoms with E-state index in [1.165, 1.54) is 0 Å². The van der Waals surface area contributed by atoms with Crippen molar-refractivity contribution in [2.75, 3.05) is 19.6 Å². The highest BCUT2D eigenvalue weighted by atomic mass is 16.2. The van der Waals surface area contributed by atoms with Crippen molar-refractivity contribution in [3.63, 3.8) is 0 Å². The number of rotatable bonds is 3.